The van der Waals surface area contributed by atoms with Gasteiger partial charge in [-0.15, -0.1) is 68.0 Å². The van der Waals surface area contributed by atoms with Crippen LogP contribution in [0.25, 0.3) is 39.7 Å². The fourth-order valence-corrected chi connectivity index (χ4v) is 8.27. The lowest BCUT2D eigenvalue weighted by Gasteiger charge is -1.97. The summed E-state index contributed by atoms with van der Waals surface area (Å²) in [7, 11) is 0. The minimum atomic E-state index is 1.36. The second-order valence-electron chi connectivity index (χ2n) is 6.24. The molecule has 6 heteroatoms. The zero-order valence-electron chi connectivity index (χ0n) is 15.7. The van der Waals surface area contributed by atoms with Crippen LogP contribution in [0.4, 0.5) is 0 Å². The molecule has 0 saturated carbocycles. The van der Waals surface area contributed by atoms with Crippen LogP contribution in [0.5, 0.6) is 0 Å². The molecule has 6 heterocycles. The van der Waals surface area contributed by atoms with Gasteiger partial charge in [0.1, 0.15) is 0 Å². The first-order chi connectivity index (χ1) is 14.9. The minimum absolute atomic E-state index is 1.36. The van der Waals surface area contributed by atoms with Crippen LogP contribution in [0.15, 0.2) is 93.6 Å². The van der Waals surface area contributed by atoms with Gasteiger partial charge in [0.15, 0.2) is 0 Å². The van der Waals surface area contributed by atoms with E-state index in [0.717, 1.165) is 0 Å². The summed E-state index contributed by atoms with van der Waals surface area (Å²) < 4.78 is 0. The fraction of sp³-hybridized carbons (Fsp3) is 0. The van der Waals surface area contributed by atoms with Crippen LogP contribution in [0.3, 0.4) is 0 Å². The molecule has 148 valence electrons. The maximum absolute atomic E-state index is 2.21. The average molecular weight is 497 g/mol. The molecule has 0 unspecified atom stereocenters. The Morgan fingerprint density at radius 2 is 0.867 bits per heavy atom. The van der Waals surface area contributed by atoms with E-state index in [1.54, 1.807) is 34.0 Å². The van der Waals surface area contributed by atoms with E-state index in [-0.39, 0.29) is 0 Å². The topological polar surface area (TPSA) is 0 Å². The molecule has 6 rings (SSSR count). The summed E-state index contributed by atoms with van der Waals surface area (Å²) in [6.07, 6.45) is 0. The number of thiophene rings is 6. The highest BCUT2D eigenvalue weighted by Gasteiger charge is 2.10. The molecule has 0 atom stereocenters. The molecule has 0 aliphatic rings. The normalized spacial score (nSPS) is 10.7. The first-order valence-corrected chi connectivity index (χ1v) is 14.4. The van der Waals surface area contributed by atoms with Crippen molar-refractivity contribution in [3.05, 3.63) is 93.6 Å². The van der Waals surface area contributed by atoms with E-state index < -0.39 is 0 Å². The van der Waals surface area contributed by atoms with Crippen LogP contribution in [0.1, 0.15) is 0 Å². The molecule has 0 fully saturated rings. The van der Waals surface area contributed by atoms with E-state index in [2.05, 4.69) is 93.6 Å². The van der Waals surface area contributed by atoms with Crippen molar-refractivity contribution in [3.63, 3.8) is 0 Å². The second kappa shape index (κ2) is 9.56. The molecule has 0 nitrogen and oxygen atoms in total. The smallest absolute Gasteiger partial charge is 0.0529 e. The van der Waals surface area contributed by atoms with Crippen LogP contribution < -0.4 is 0 Å². The second-order valence-corrected chi connectivity index (χ2v) is 12.0. The van der Waals surface area contributed by atoms with E-state index in [1.807, 2.05) is 34.0 Å². The Labute approximate surface area is 200 Å². The Balaban J connectivity index is 0.000000128. The van der Waals surface area contributed by atoms with Gasteiger partial charge in [-0.2, -0.15) is 0 Å². The number of hydrogen-bond donors (Lipinski definition) is 0. The van der Waals surface area contributed by atoms with Crippen molar-refractivity contribution in [3.8, 4) is 39.7 Å². The van der Waals surface area contributed by atoms with Crippen LogP contribution >= 0.6 is 68.0 Å². The predicted molar refractivity (Wildman–Crippen MR) is 142 cm³/mol. The molecule has 0 N–H and O–H groups in total. The lowest BCUT2D eigenvalue weighted by atomic mass is 10.2. The van der Waals surface area contributed by atoms with Gasteiger partial charge < -0.3 is 0 Å². The maximum atomic E-state index is 2.21. The first-order valence-electron chi connectivity index (χ1n) is 9.21. The Hall–Kier alpha value is -1.80. The van der Waals surface area contributed by atoms with Crippen molar-refractivity contribution >= 4 is 68.0 Å². The molecule has 0 saturated heterocycles. The zero-order valence-corrected chi connectivity index (χ0v) is 20.6. The predicted octanol–water partition coefficient (Wildman–Crippen LogP) is 10.4. The Bertz CT molecular complexity index is 1170. The van der Waals surface area contributed by atoms with Gasteiger partial charge in [-0.1, -0.05) is 24.3 Å². The highest BCUT2D eigenvalue weighted by atomic mass is 32.1. The quantitative estimate of drug-likeness (QED) is 0.228. The molecule has 0 bridgehead atoms. The van der Waals surface area contributed by atoms with Gasteiger partial charge in [-0.05, 0) is 69.4 Å². The summed E-state index contributed by atoms with van der Waals surface area (Å²) in [6.45, 7) is 0. The van der Waals surface area contributed by atoms with Crippen LogP contribution in [-0.4, -0.2) is 0 Å². The molecule has 0 aliphatic heterocycles. The van der Waals surface area contributed by atoms with Crippen molar-refractivity contribution < 1.29 is 0 Å². The summed E-state index contributed by atoms with van der Waals surface area (Å²) in [5.41, 5.74) is 1.37. The van der Waals surface area contributed by atoms with Crippen molar-refractivity contribution in [1.82, 2.24) is 0 Å². The van der Waals surface area contributed by atoms with E-state index in [4.69, 9.17) is 0 Å². The minimum Gasteiger partial charge on any atom is -0.144 e. The molecule has 0 aliphatic carbocycles. The van der Waals surface area contributed by atoms with Crippen molar-refractivity contribution in [2.75, 3.05) is 0 Å². The van der Waals surface area contributed by atoms with Gasteiger partial charge in [0.25, 0.3) is 0 Å². The number of hydrogen-bond acceptors (Lipinski definition) is 6. The van der Waals surface area contributed by atoms with Gasteiger partial charge >= 0.3 is 0 Å². The van der Waals surface area contributed by atoms with Crippen LogP contribution in [0.2, 0.25) is 0 Å². The van der Waals surface area contributed by atoms with Crippen molar-refractivity contribution in [1.29, 1.82) is 0 Å². The van der Waals surface area contributed by atoms with Crippen LogP contribution in [-0.2, 0) is 0 Å². The summed E-state index contributed by atoms with van der Waals surface area (Å²) in [5, 5.41) is 10.7. The molecule has 0 radical (unpaired) electrons. The van der Waals surface area contributed by atoms with E-state index in [9.17, 15) is 0 Å². The third-order valence-corrected chi connectivity index (χ3v) is 10.4. The van der Waals surface area contributed by atoms with Gasteiger partial charge in [0.05, 0.1) is 4.88 Å². The van der Waals surface area contributed by atoms with Gasteiger partial charge in [0.2, 0.25) is 0 Å². The third kappa shape index (κ3) is 4.44. The summed E-state index contributed by atoms with van der Waals surface area (Å²) in [5.74, 6) is 0. The van der Waals surface area contributed by atoms with Gasteiger partial charge in [0, 0.05) is 34.8 Å². The number of rotatable bonds is 4. The highest BCUT2D eigenvalue weighted by molar-refractivity contribution is 7.25. The van der Waals surface area contributed by atoms with Crippen molar-refractivity contribution in [2.24, 2.45) is 0 Å². The average Bonchev–Trinajstić information content (AvgIpc) is 3.64. The molecular weight excluding hydrogens is 481 g/mol. The standard InChI is InChI=1S/2C12H8S3/c1-3-9(13-7-1)11-5-6-12(15-11)10-4-2-8-14-10;1-3-10(13-6-1)9-5-8-15-12(9)11-4-2-7-14-11/h2*1-8H. The monoisotopic (exact) mass is 496 g/mol. The molecule has 30 heavy (non-hydrogen) atoms. The third-order valence-electron chi connectivity index (χ3n) is 4.33. The zero-order chi connectivity index (χ0) is 20.2. The van der Waals surface area contributed by atoms with Gasteiger partial charge in [-0.3, -0.25) is 0 Å². The Morgan fingerprint density at radius 3 is 1.37 bits per heavy atom. The van der Waals surface area contributed by atoms with E-state index in [0.29, 0.717) is 0 Å². The Kier molecular flexibility index (Phi) is 6.41. The fourth-order valence-electron chi connectivity index (χ4n) is 2.97. The molecule has 0 aromatic carbocycles. The molecule has 6 aromatic heterocycles. The van der Waals surface area contributed by atoms with E-state index in [1.165, 1.54) is 39.7 Å². The lowest BCUT2D eigenvalue weighted by Crippen LogP contribution is -1.69. The molecule has 0 spiro atoms. The van der Waals surface area contributed by atoms with Crippen LogP contribution in [0, 0.1) is 0 Å². The highest BCUT2D eigenvalue weighted by Crippen LogP contribution is 2.40. The molecular formula is C24H16S6. The van der Waals surface area contributed by atoms with E-state index >= 15 is 0 Å². The van der Waals surface area contributed by atoms with Gasteiger partial charge in [-0.25, -0.2) is 0 Å². The first kappa shape index (κ1) is 20.1. The summed E-state index contributed by atoms with van der Waals surface area (Å²) >= 11 is 10.9. The Morgan fingerprint density at radius 1 is 0.367 bits per heavy atom. The summed E-state index contributed by atoms with van der Waals surface area (Å²) in [4.78, 5) is 9.59. The largest absolute Gasteiger partial charge is 0.144 e. The SMILES string of the molecule is c1csc(-c2ccc(-c3cccs3)s2)c1.c1csc(-c2ccsc2-c2cccs2)c1. The lowest BCUT2D eigenvalue weighted by molar-refractivity contribution is 1.86. The molecule has 0 amide bonds. The molecule has 6 aromatic rings. The van der Waals surface area contributed by atoms with Crippen molar-refractivity contribution in [2.45, 2.75) is 0 Å². The summed E-state index contributed by atoms with van der Waals surface area (Å²) in [6, 6.07) is 23.8. The maximum Gasteiger partial charge on any atom is 0.0529 e.